The standard InChI is InChI=1S/C13H19N3O4S/c1-10-11(16(17)18)5-4-6-12(10)21(19,20)15-13(9-14)7-2-3-8-13/h4-6,15H,2-3,7-9,14H2,1H3. The van der Waals surface area contributed by atoms with Crippen LogP contribution < -0.4 is 10.5 Å². The van der Waals surface area contributed by atoms with Crippen molar-refractivity contribution >= 4 is 15.7 Å². The van der Waals surface area contributed by atoms with E-state index in [9.17, 15) is 18.5 Å². The molecule has 3 N–H and O–H groups in total. The van der Waals surface area contributed by atoms with E-state index in [1.165, 1.54) is 25.1 Å². The highest BCUT2D eigenvalue weighted by molar-refractivity contribution is 7.89. The summed E-state index contributed by atoms with van der Waals surface area (Å²) in [7, 11) is -3.84. The van der Waals surface area contributed by atoms with Crippen molar-refractivity contribution in [1.29, 1.82) is 0 Å². The summed E-state index contributed by atoms with van der Waals surface area (Å²) in [5.74, 6) is 0. The van der Waals surface area contributed by atoms with Crippen LogP contribution in [0.15, 0.2) is 23.1 Å². The van der Waals surface area contributed by atoms with Crippen molar-refractivity contribution in [2.45, 2.75) is 43.0 Å². The lowest BCUT2D eigenvalue weighted by Crippen LogP contribution is -2.51. The first-order chi connectivity index (χ1) is 9.81. The molecule has 116 valence electrons. The number of rotatable bonds is 5. The number of nitrogens with two attached hydrogens (primary N) is 1. The van der Waals surface area contributed by atoms with Crippen molar-refractivity contribution in [2.75, 3.05) is 6.54 Å². The lowest BCUT2D eigenvalue weighted by molar-refractivity contribution is -0.385. The van der Waals surface area contributed by atoms with Crippen LogP contribution in [0.5, 0.6) is 0 Å². The van der Waals surface area contributed by atoms with Crippen LogP contribution in [0.25, 0.3) is 0 Å². The molecule has 0 aliphatic heterocycles. The van der Waals surface area contributed by atoms with Gasteiger partial charge >= 0.3 is 0 Å². The Balaban J connectivity index is 2.41. The largest absolute Gasteiger partial charge is 0.329 e. The summed E-state index contributed by atoms with van der Waals surface area (Å²) in [6, 6.07) is 4.05. The van der Waals surface area contributed by atoms with Gasteiger partial charge in [-0.1, -0.05) is 18.9 Å². The molecule has 0 aromatic heterocycles. The number of benzene rings is 1. The Morgan fingerprint density at radius 3 is 2.52 bits per heavy atom. The molecule has 0 unspecified atom stereocenters. The van der Waals surface area contributed by atoms with Gasteiger partial charge in [0.15, 0.2) is 0 Å². The van der Waals surface area contributed by atoms with Gasteiger partial charge in [0.25, 0.3) is 5.69 Å². The third-order valence-corrected chi connectivity index (χ3v) is 5.77. The first kappa shape index (κ1) is 15.9. The zero-order chi connectivity index (χ0) is 15.7. The molecule has 1 aromatic carbocycles. The Labute approximate surface area is 123 Å². The fourth-order valence-corrected chi connectivity index (χ4v) is 4.56. The number of sulfonamides is 1. The SMILES string of the molecule is Cc1c([N+](=O)[O-])cccc1S(=O)(=O)NC1(CN)CCCC1. The van der Waals surface area contributed by atoms with Gasteiger partial charge in [0.2, 0.25) is 10.0 Å². The number of nitrogens with one attached hydrogen (secondary N) is 1. The summed E-state index contributed by atoms with van der Waals surface area (Å²) < 4.78 is 27.8. The minimum Gasteiger partial charge on any atom is -0.329 e. The number of hydrogen-bond donors (Lipinski definition) is 2. The molecule has 1 aromatic rings. The predicted molar refractivity (Wildman–Crippen MR) is 78.4 cm³/mol. The van der Waals surface area contributed by atoms with Gasteiger partial charge in [-0.15, -0.1) is 0 Å². The van der Waals surface area contributed by atoms with Crippen molar-refractivity contribution < 1.29 is 13.3 Å². The fraction of sp³-hybridized carbons (Fsp3) is 0.538. The molecule has 8 heteroatoms. The van der Waals surface area contributed by atoms with Gasteiger partial charge in [0.1, 0.15) is 0 Å². The summed E-state index contributed by atoms with van der Waals surface area (Å²) >= 11 is 0. The van der Waals surface area contributed by atoms with E-state index in [4.69, 9.17) is 5.73 Å². The molecule has 21 heavy (non-hydrogen) atoms. The Morgan fingerprint density at radius 2 is 2.00 bits per heavy atom. The number of nitro groups is 1. The molecule has 0 atom stereocenters. The molecule has 0 amide bonds. The Bertz CT molecular complexity index is 651. The Hall–Kier alpha value is -1.51. The summed E-state index contributed by atoms with van der Waals surface area (Å²) in [5.41, 5.74) is 5.04. The third-order valence-electron chi connectivity index (χ3n) is 4.04. The second-order valence-electron chi connectivity index (χ2n) is 5.45. The highest BCUT2D eigenvalue weighted by Gasteiger charge is 2.37. The monoisotopic (exact) mass is 313 g/mol. The predicted octanol–water partition coefficient (Wildman–Crippen LogP) is 1.45. The quantitative estimate of drug-likeness (QED) is 0.630. The normalized spacial score (nSPS) is 17.8. The average Bonchev–Trinajstić information content (AvgIpc) is 2.86. The highest BCUT2D eigenvalue weighted by atomic mass is 32.2. The summed E-state index contributed by atoms with van der Waals surface area (Å²) in [6.07, 6.45) is 3.23. The van der Waals surface area contributed by atoms with Crippen molar-refractivity contribution in [1.82, 2.24) is 4.72 Å². The molecule has 0 saturated heterocycles. The number of nitro benzene ring substituents is 1. The number of hydrogen-bond acceptors (Lipinski definition) is 5. The summed E-state index contributed by atoms with van der Waals surface area (Å²) in [4.78, 5) is 10.3. The van der Waals surface area contributed by atoms with Crippen LogP contribution in [0.4, 0.5) is 5.69 Å². The van der Waals surface area contributed by atoms with E-state index in [0.717, 1.165) is 12.8 Å². The van der Waals surface area contributed by atoms with Crippen LogP contribution in [0, 0.1) is 17.0 Å². The molecule has 0 bridgehead atoms. The van der Waals surface area contributed by atoms with E-state index in [-0.39, 0.29) is 22.7 Å². The molecule has 1 fully saturated rings. The molecule has 0 radical (unpaired) electrons. The van der Waals surface area contributed by atoms with Crippen molar-refractivity contribution in [3.8, 4) is 0 Å². The lowest BCUT2D eigenvalue weighted by atomic mass is 10.0. The average molecular weight is 313 g/mol. The van der Waals surface area contributed by atoms with Gasteiger partial charge in [-0.3, -0.25) is 10.1 Å². The van der Waals surface area contributed by atoms with E-state index in [2.05, 4.69) is 4.72 Å². The van der Waals surface area contributed by atoms with Gasteiger partial charge in [-0.2, -0.15) is 0 Å². The molecule has 1 saturated carbocycles. The van der Waals surface area contributed by atoms with Crippen LogP contribution in [0.2, 0.25) is 0 Å². The van der Waals surface area contributed by atoms with Gasteiger partial charge in [-0.25, -0.2) is 13.1 Å². The molecule has 0 heterocycles. The van der Waals surface area contributed by atoms with Gasteiger partial charge < -0.3 is 5.73 Å². The first-order valence-corrected chi connectivity index (χ1v) is 8.28. The maximum atomic E-state index is 12.6. The summed E-state index contributed by atoms with van der Waals surface area (Å²) in [6.45, 7) is 1.66. The second-order valence-corrected chi connectivity index (χ2v) is 7.11. The maximum Gasteiger partial charge on any atom is 0.273 e. The zero-order valence-electron chi connectivity index (χ0n) is 11.8. The minimum atomic E-state index is -3.84. The van der Waals surface area contributed by atoms with Gasteiger partial charge in [-0.05, 0) is 25.8 Å². The Kier molecular flexibility index (Phi) is 4.31. The van der Waals surface area contributed by atoms with Crippen molar-refractivity contribution in [3.63, 3.8) is 0 Å². The highest BCUT2D eigenvalue weighted by Crippen LogP contribution is 2.32. The molecule has 7 nitrogen and oxygen atoms in total. The molecule has 2 rings (SSSR count). The van der Waals surface area contributed by atoms with Crippen molar-refractivity contribution in [2.24, 2.45) is 5.73 Å². The second kappa shape index (κ2) is 5.70. The molecule has 1 aliphatic rings. The van der Waals surface area contributed by atoms with Crippen LogP contribution in [-0.4, -0.2) is 25.4 Å². The van der Waals surface area contributed by atoms with Crippen LogP contribution in [-0.2, 0) is 10.0 Å². The van der Waals surface area contributed by atoms with Gasteiger partial charge in [0.05, 0.1) is 9.82 Å². The molecular formula is C13H19N3O4S. The molecule has 1 aliphatic carbocycles. The topological polar surface area (TPSA) is 115 Å². The van der Waals surface area contributed by atoms with E-state index in [1.54, 1.807) is 0 Å². The van der Waals surface area contributed by atoms with Crippen LogP contribution >= 0.6 is 0 Å². The maximum absolute atomic E-state index is 12.6. The molecular weight excluding hydrogens is 294 g/mol. The molecule has 0 spiro atoms. The van der Waals surface area contributed by atoms with E-state index in [0.29, 0.717) is 12.8 Å². The fourth-order valence-electron chi connectivity index (χ4n) is 2.83. The van der Waals surface area contributed by atoms with E-state index < -0.39 is 20.5 Å². The lowest BCUT2D eigenvalue weighted by Gasteiger charge is -2.28. The third kappa shape index (κ3) is 3.07. The van der Waals surface area contributed by atoms with Gasteiger partial charge in [0, 0.05) is 23.7 Å². The smallest absolute Gasteiger partial charge is 0.273 e. The van der Waals surface area contributed by atoms with Crippen LogP contribution in [0.1, 0.15) is 31.2 Å². The van der Waals surface area contributed by atoms with E-state index in [1.807, 2.05) is 0 Å². The van der Waals surface area contributed by atoms with Crippen molar-refractivity contribution in [3.05, 3.63) is 33.9 Å². The number of nitrogens with zero attached hydrogens (tertiary/aromatic N) is 1. The van der Waals surface area contributed by atoms with E-state index >= 15 is 0 Å². The Morgan fingerprint density at radius 1 is 1.38 bits per heavy atom. The minimum absolute atomic E-state index is 0.0589. The first-order valence-electron chi connectivity index (χ1n) is 6.79. The summed E-state index contributed by atoms with van der Waals surface area (Å²) in [5, 5.41) is 10.9. The van der Waals surface area contributed by atoms with Crippen LogP contribution in [0.3, 0.4) is 0 Å². The zero-order valence-corrected chi connectivity index (χ0v) is 12.6.